The molecule has 2 atom stereocenters. The molecule has 1 aromatic rings. The Hall–Kier alpha value is -0.450. The summed E-state index contributed by atoms with van der Waals surface area (Å²) in [6, 6.07) is 0.336. The van der Waals surface area contributed by atoms with Crippen molar-refractivity contribution in [2.45, 2.75) is 46.2 Å². The molecule has 0 aromatic carbocycles. The van der Waals surface area contributed by atoms with E-state index in [1.807, 2.05) is 5.51 Å². The quantitative estimate of drug-likeness (QED) is 0.912. The van der Waals surface area contributed by atoms with E-state index >= 15 is 0 Å². The molecule has 1 aromatic heterocycles. The lowest BCUT2D eigenvalue weighted by Crippen LogP contribution is -2.41. The summed E-state index contributed by atoms with van der Waals surface area (Å²) in [4.78, 5) is 8.08. The maximum atomic E-state index is 6.37. The van der Waals surface area contributed by atoms with Crippen molar-refractivity contribution in [1.82, 2.24) is 9.88 Å². The molecule has 2 unspecified atom stereocenters. The Labute approximate surface area is 114 Å². The van der Waals surface area contributed by atoms with Gasteiger partial charge in [-0.15, -0.1) is 11.3 Å². The van der Waals surface area contributed by atoms with E-state index in [1.165, 1.54) is 23.4 Å². The van der Waals surface area contributed by atoms with Crippen LogP contribution in [-0.4, -0.2) is 29.5 Å². The third kappa shape index (κ3) is 2.92. The van der Waals surface area contributed by atoms with E-state index in [0.717, 1.165) is 13.1 Å². The zero-order valence-corrected chi connectivity index (χ0v) is 12.8. The van der Waals surface area contributed by atoms with Gasteiger partial charge in [0, 0.05) is 24.0 Å². The fourth-order valence-corrected chi connectivity index (χ4v) is 3.79. The Bertz CT molecular complexity index is 399. The van der Waals surface area contributed by atoms with Crippen LogP contribution in [0.4, 0.5) is 0 Å². The van der Waals surface area contributed by atoms with E-state index in [-0.39, 0.29) is 0 Å². The number of hydrogen-bond acceptors (Lipinski definition) is 4. The summed E-state index contributed by atoms with van der Waals surface area (Å²) in [7, 11) is 2.19. The fourth-order valence-electron chi connectivity index (χ4n) is 2.93. The van der Waals surface area contributed by atoms with Crippen LogP contribution in [0.15, 0.2) is 5.51 Å². The first-order valence-corrected chi connectivity index (χ1v) is 7.61. The average Bonchev–Trinajstić information content (AvgIpc) is 2.78. The molecule has 0 aliphatic heterocycles. The van der Waals surface area contributed by atoms with Crippen molar-refractivity contribution in [2.24, 2.45) is 17.1 Å². The molecule has 18 heavy (non-hydrogen) atoms. The summed E-state index contributed by atoms with van der Waals surface area (Å²) in [5.74, 6) is 0.637. The number of aryl methyl sites for hydroxylation is 1. The molecule has 0 saturated heterocycles. The van der Waals surface area contributed by atoms with Gasteiger partial charge in [0.15, 0.2) is 0 Å². The van der Waals surface area contributed by atoms with Gasteiger partial charge in [0.1, 0.15) is 0 Å². The highest BCUT2D eigenvalue weighted by molar-refractivity contribution is 7.09. The Kier molecular flexibility index (Phi) is 4.09. The van der Waals surface area contributed by atoms with Crippen molar-refractivity contribution >= 4 is 11.3 Å². The summed E-state index contributed by atoms with van der Waals surface area (Å²) < 4.78 is 0. The first-order chi connectivity index (χ1) is 8.40. The Morgan fingerprint density at radius 1 is 1.56 bits per heavy atom. The second kappa shape index (κ2) is 5.27. The zero-order chi connectivity index (χ0) is 13.3. The monoisotopic (exact) mass is 267 g/mol. The number of nitrogens with two attached hydrogens (primary N) is 1. The molecule has 1 aliphatic rings. The predicted octanol–water partition coefficient (Wildman–Crippen LogP) is 2.65. The molecule has 1 aliphatic carbocycles. The highest BCUT2D eigenvalue weighted by Crippen LogP contribution is 2.40. The number of rotatable bonds is 4. The third-order valence-electron chi connectivity index (χ3n) is 4.37. The summed E-state index contributed by atoms with van der Waals surface area (Å²) in [6.45, 7) is 8.78. The topological polar surface area (TPSA) is 42.2 Å². The molecule has 2 N–H and O–H groups in total. The molecule has 0 radical (unpaired) electrons. The number of nitrogens with zero attached hydrogens (tertiary/aromatic N) is 2. The largest absolute Gasteiger partial charge is 0.327 e. The minimum atomic E-state index is 0.311. The summed E-state index contributed by atoms with van der Waals surface area (Å²) >= 11 is 1.75. The van der Waals surface area contributed by atoms with E-state index < -0.39 is 0 Å². The van der Waals surface area contributed by atoms with Crippen LogP contribution in [0.5, 0.6) is 0 Å². The van der Waals surface area contributed by atoms with E-state index in [9.17, 15) is 0 Å². The van der Waals surface area contributed by atoms with Crippen LogP contribution in [0.2, 0.25) is 0 Å². The van der Waals surface area contributed by atoms with Crippen molar-refractivity contribution < 1.29 is 0 Å². The highest BCUT2D eigenvalue weighted by atomic mass is 32.1. The van der Waals surface area contributed by atoms with Crippen LogP contribution in [0, 0.1) is 18.3 Å². The van der Waals surface area contributed by atoms with Gasteiger partial charge in [0.25, 0.3) is 0 Å². The van der Waals surface area contributed by atoms with E-state index in [0.29, 0.717) is 17.4 Å². The van der Waals surface area contributed by atoms with Crippen LogP contribution in [-0.2, 0) is 6.54 Å². The highest BCUT2D eigenvalue weighted by Gasteiger charge is 2.39. The predicted molar refractivity (Wildman–Crippen MR) is 77.7 cm³/mol. The summed E-state index contributed by atoms with van der Waals surface area (Å²) in [5, 5.41) is 0. The molecule has 0 bridgehead atoms. The molecule has 4 heteroatoms. The van der Waals surface area contributed by atoms with Crippen LogP contribution < -0.4 is 5.73 Å². The molecular formula is C14H25N3S. The molecule has 1 fully saturated rings. The van der Waals surface area contributed by atoms with Crippen molar-refractivity contribution in [3.63, 3.8) is 0 Å². The SMILES string of the molecule is Cc1ncsc1CN(C)CC1CCC(C)(C)C1N. The molecule has 2 rings (SSSR count). The first-order valence-electron chi connectivity index (χ1n) is 6.73. The van der Waals surface area contributed by atoms with Gasteiger partial charge in [-0.1, -0.05) is 13.8 Å². The van der Waals surface area contributed by atoms with Crippen molar-refractivity contribution in [1.29, 1.82) is 0 Å². The van der Waals surface area contributed by atoms with Gasteiger partial charge in [0.2, 0.25) is 0 Å². The molecule has 3 nitrogen and oxygen atoms in total. The molecule has 0 spiro atoms. The Morgan fingerprint density at radius 2 is 2.28 bits per heavy atom. The summed E-state index contributed by atoms with van der Waals surface area (Å²) in [5.41, 5.74) is 9.79. The van der Waals surface area contributed by atoms with Gasteiger partial charge in [-0.2, -0.15) is 0 Å². The van der Waals surface area contributed by atoms with Crippen LogP contribution in [0.1, 0.15) is 37.3 Å². The molecular weight excluding hydrogens is 242 g/mol. The Morgan fingerprint density at radius 3 is 2.78 bits per heavy atom. The van der Waals surface area contributed by atoms with E-state index in [2.05, 4.69) is 37.7 Å². The molecule has 1 heterocycles. The average molecular weight is 267 g/mol. The third-order valence-corrected chi connectivity index (χ3v) is 5.29. The maximum absolute atomic E-state index is 6.37. The smallest absolute Gasteiger partial charge is 0.0798 e. The van der Waals surface area contributed by atoms with Crippen molar-refractivity contribution in [3.8, 4) is 0 Å². The van der Waals surface area contributed by atoms with Gasteiger partial charge in [-0.25, -0.2) is 4.98 Å². The van der Waals surface area contributed by atoms with Gasteiger partial charge < -0.3 is 10.6 Å². The molecule has 102 valence electrons. The first kappa shape index (κ1) is 14.0. The Balaban J connectivity index is 1.89. The molecule has 0 amide bonds. The number of hydrogen-bond donors (Lipinski definition) is 1. The number of thiazole rings is 1. The minimum Gasteiger partial charge on any atom is -0.327 e. The van der Waals surface area contributed by atoms with Crippen LogP contribution in [0.25, 0.3) is 0 Å². The van der Waals surface area contributed by atoms with Crippen LogP contribution in [0.3, 0.4) is 0 Å². The maximum Gasteiger partial charge on any atom is 0.0798 e. The van der Waals surface area contributed by atoms with Gasteiger partial charge >= 0.3 is 0 Å². The number of aromatic nitrogens is 1. The second-order valence-electron chi connectivity index (χ2n) is 6.37. The lowest BCUT2D eigenvalue weighted by molar-refractivity contribution is 0.230. The van der Waals surface area contributed by atoms with E-state index in [1.54, 1.807) is 11.3 Å². The van der Waals surface area contributed by atoms with Crippen molar-refractivity contribution in [2.75, 3.05) is 13.6 Å². The lowest BCUT2D eigenvalue weighted by Gasteiger charge is -2.29. The van der Waals surface area contributed by atoms with E-state index in [4.69, 9.17) is 5.73 Å². The fraction of sp³-hybridized carbons (Fsp3) is 0.786. The normalized spacial score (nSPS) is 27.0. The van der Waals surface area contributed by atoms with Gasteiger partial charge in [0.05, 0.1) is 11.2 Å². The minimum absolute atomic E-state index is 0.311. The summed E-state index contributed by atoms with van der Waals surface area (Å²) in [6.07, 6.45) is 2.52. The lowest BCUT2D eigenvalue weighted by atomic mass is 9.85. The van der Waals surface area contributed by atoms with Crippen molar-refractivity contribution in [3.05, 3.63) is 16.1 Å². The van der Waals surface area contributed by atoms with Crippen LogP contribution >= 0.6 is 11.3 Å². The van der Waals surface area contributed by atoms with Gasteiger partial charge in [-0.3, -0.25) is 0 Å². The molecule has 1 saturated carbocycles. The standard InChI is InChI=1S/C14H25N3S/c1-10-12(18-9-16-10)8-17(4)7-11-5-6-14(2,3)13(11)15/h9,11,13H,5-8,15H2,1-4H3. The van der Waals surface area contributed by atoms with Gasteiger partial charge in [-0.05, 0) is 38.1 Å². The zero-order valence-electron chi connectivity index (χ0n) is 11.9. The second-order valence-corrected chi connectivity index (χ2v) is 7.31.